The second-order valence-electron chi connectivity index (χ2n) is 6.83. The molecular formula is C21H24N2. The van der Waals surface area contributed by atoms with Crippen LogP contribution in [0.4, 0.5) is 5.69 Å². The maximum absolute atomic E-state index is 5.83. The van der Waals surface area contributed by atoms with Gasteiger partial charge in [0.15, 0.2) is 0 Å². The molecule has 2 aromatic rings. The van der Waals surface area contributed by atoms with Crippen LogP contribution in [-0.2, 0) is 6.54 Å². The lowest BCUT2D eigenvalue weighted by Crippen LogP contribution is -2.47. The van der Waals surface area contributed by atoms with Crippen molar-refractivity contribution in [3.8, 4) is 0 Å². The maximum Gasteiger partial charge on any atom is 0.0314 e. The van der Waals surface area contributed by atoms with E-state index in [4.69, 9.17) is 5.73 Å². The standard InChI is InChI=1S/C21H24N2/c22-19-11-9-17(10-12-19)18-13-20-7-4-8-21(14-18)23(20)15-16-5-2-1-3-6-16/h1-3,5-6,9-13,20-21H,4,7-8,14-15,22H2. The summed E-state index contributed by atoms with van der Waals surface area (Å²) in [6.45, 7) is 1.07. The van der Waals surface area contributed by atoms with Gasteiger partial charge in [0, 0.05) is 24.3 Å². The van der Waals surface area contributed by atoms with Crippen molar-refractivity contribution in [3.63, 3.8) is 0 Å². The molecule has 0 amide bonds. The van der Waals surface area contributed by atoms with Crippen LogP contribution < -0.4 is 5.73 Å². The van der Waals surface area contributed by atoms with Gasteiger partial charge in [0.2, 0.25) is 0 Å². The summed E-state index contributed by atoms with van der Waals surface area (Å²) in [4.78, 5) is 2.71. The zero-order valence-electron chi connectivity index (χ0n) is 13.5. The molecule has 2 aliphatic rings. The van der Waals surface area contributed by atoms with Gasteiger partial charge >= 0.3 is 0 Å². The van der Waals surface area contributed by atoms with E-state index in [-0.39, 0.29) is 0 Å². The zero-order valence-corrected chi connectivity index (χ0v) is 13.5. The number of anilines is 1. The van der Waals surface area contributed by atoms with Gasteiger partial charge in [-0.25, -0.2) is 0 Å². The first-order valence-electron chi connectivity index (χ1n) is 8.66. The molecule has 2 bridgehead atoms. The molecule has 2 nitrogen and oxygen atoms in total. The second kappa shape index (κ2) is 6.21. The van der Waals surface area contributed by atoms with E-state index >= 15 is 0 Å². The Labute approximate surface area is 138 Å². The van der Waals surface area contributed by atoms with Crippen LogP contribution >= 0.6 is 0 Å². The Morgan fingerprint density at radius 2 is 1.74 bits per heavy atom. The zero-order chi connectivity index (χ0) is 15.6. The molecule has 2 atom stereocenters. The van der Waals surface area contributed by atoms with Gasteiger partial charge in [0.05, 0.1) is 0 Å². The van der Waals surface area contributed by atoms with Crippen LogP contribution in [0.15, 0.2) is 60.7 Å². The van der Waals surface area contributed by atoms with E-state index in [1.807, 2.05) is 12.1 Å². The largest absolute Gasteiger partial charge is 0.399 e. The molecule has 0 spiro atoms. The number of rotatable bonds is 3. The Morgan fingerprint density at radius 1 is 0.957 bits per heavy atom. The molecule has 1 fully saturated rings. The van der Waals surface area contributed by atoms with Crippen LogP contribution in [0, 0.1) is 0 Å². The first kappa shape index (κ1) is 14.5. The molecule has 2 heterocycles. The molecule has 4 rings (SSSR count). The molecule has 2 aliphatic heterocycles. The van der Waals surface area contributed by atoms with Gasteiger partial charge in [-0.2, -0.15) is 0 Å². The van der Waals surface area contributed by atoms with Gasteiger partial charge in [-0.15, -0.1) is 0 Å². The molecule has 0 radical (unpaired) electrons. The summed E-state index contributed by atoms with van der Waals surface area (Å²) in [7, 11) is 0. The SMILES string of the molecule is Nc1ccc(C2=CC3CCCC(C2)N3Cc2ccccc2)cc1. The van der Waals surface area contributed by atoms with Crippen molar-refractivity contribution in [2.24, 2.45) is 0 Å². The Hall–Kier alpha value is -2.06. The van der Waals surface area contributed by atoms with Crippen molar-refractivity contribution in [2.75, 3.05) is 5.73 Å². The van der Waals surface area contributed by atoms with Gasteiger partial charge in [-0.3, -0.25) is 4.90 Å². The topological polar surface area (TPSA) is 29.3 Å². The minimum absolute atomic E-state index is 0.579. The van der Waals surface area contributed by atoms with Gasteiger partial charge in [0.25, 0.3) is 0 Å². The number of fused-ring (bicyclic) bond motifs is 2. The molecule has 0 aromatic heterocycles. The number of benzene rings is 2. The van der Waals surface area contributed by atoms with E-state index in [0.717, 1.165) is 18.7 Å². The Bertz CT molecular complexity index is 688. The lowest BCUT2D eigenvalue weighted by atomic mass is 9.82. The number of nitrogens with two attached hydrogens (primary N) is 1. The highest BCUT2D eigenvalue weighted by atomic mass is 15.2. The van der Waals surface area contributed by atoms with E-state index in [1.165, 1.54) is 36.0 Å². The van der Waals surface area contributed by atoms with Gasteiger partial charge in [-0.1, -0.05) is 55.0 Å². The number of piperidine rings is 1. The second-order valence-corrected chi connectivity index (χ2v) is 6.83. The Balaban J connectivity index is 1.59. The van der Waals surface area contributed by atoms with Gasteiger partial charge < -0.3 is 5.73 Å². The van der Waals surface area contributed by atoms with Crippen molar-refractivity contribution >= 4 is 11.3 Å². The van der Waals surface area contributed by atoms with Gasteiger partial charge in [-0.05, 0) is 48.1 Å². The first-order chi connectivity index (χ1) is 11.3. The van der Waals surface area contributed by atoms with E-state index in [2.05, 4.69) is 53.4 Å². The molecule has 2 heteroatoms. The van der Waals surface area contributed by atoms with Crippen LogP contribution in [0.2, 0.25) is 0 Å². The number of nitrogen functional groups attached to an aromatic ring is 1. The molecule has 2 N–H and O–H groups in total. The van der Waals surface area contributed by atoms with Crippen LogP contribution in [0.3, 0.4) is 0 Å². The molecule has 118 valence electrons. The van der Waals surface area contributed by atoms with Crippen molar-refractivity contribution in [1.29, 1.82) is 0 Å². The smallest absolute Gasteiger partial charge is 0.0314 e. The third kappa shape index (κ3) is 3.04. The van der Waals surface area contributed by atoms with Crippen LogP contribution in [-0.4, -0.2) is 17.0 Å². The fourth-order valence-electron chi connectivity index (χ4n) is 4.07. The third-order valence-corrected chi connectivity index (χ3v) is 5.27. The van der Waals surface area contributed by atoms with Crippen molar-refractivity contribution in [2.45, 2.75) is 44.3 Å². The van der Waals surface area contributed by atoms with Crippen LogP contribution in [0.25, 0.3) is 5.57 Å². The summed E-state index contributed by atoms with van der Waals surface area (Å²) in [6.07, 6.45) is 7.61. The fraction of sp³-hybridized carbons (Fsp3) is 0.333. The maximum atomic E-state index is 5.83. The summed E-state index contributed by atoms with van der Waals surface area (Å²) in [5.74, 6) is 0. The average Bonchev–Trinajstić information content (AvgIpc) is 2.56. The molecule has 23 heavy (non-hydrogen) atoms. The number of hydrogen-bond donors (Lipinski definition) is 1. The Kier molecular flexibility index (Phi) is 3.92. The number of nitrogens with zero attached hydrogens (tertiary/aromatic N) is 1. The highest BCUT2D eigenvalue weighted by Crippen LogP contribution is 2.38. The minimum Gasteiger partial charge on any atom is -0.399 e. The van der Waals surface area contributed by atoms with Crippen molar-refractivity contribution in [1.82, 2.24) is 4.90 Å². The van der Waals surface area contributed by atoms with E-state index in [9.17, 15) is 0 Å². The normalized spacial score (nSPS) is 24.3. The number of hydrogen-bond acceptors (Lipinski definition) is 2. The molecule has 2 unspecified atom stereocenters. The third-order valence-electron chi connectivity index (χ3n) is 5.27. The van der Waals surface area contributed by atoms with Gasteiger partial charge in [0.1, 0.15) is 0 Å². The lowest BCUT2D eigenvalue weighted by Gasteiger charge is -2.45. The van der Waals surface area contributed by atoms with E-state index in [0.29, 0.717) is 12.1 Å². The molecule has 0 aliphatic carbocycles. The molecule has 2 aromatic carbocycles. The lowest BCUT2D eigenvalue weighted by molar-refractivity contribution is 0.0951. The summed E-state index contributed by atoms with van der Waals surface area (Å²) < 4.78 is 0. The van der Waals surface area contributed by atoms with Crippen molar-refractivity contribution in [3.05, 3.63) is 71.8 Å². The summed E-state index contributed by atoms with van der Waals surface area (Å²) in [5, 5.41) is 0. The summed E-state index contributed by atoms with van der Waals surface area (Å²) >= 11 is 0. The molecule has 1 saturated heterocycles. The minimum atomic E-state index is 0.579. The summed E-state index contributed by atoms with van der Waals surface area (Å²) in [6, 6.07) is 20.5. The Morgan fingerprint density at radius 3 is 2.48 bits per heavy atom. The monoisotopic (exact) mass is 304 g/mol. The fourth-order valence-corrected chi connectivity index (χ4v) is 4.07. The van der Waals surface area contributed by atoms with Crippen molar-refractivity contribution < 1.29 is 0 Å². The first-order valence-corrected chi connectivity index (χ1v) is 8.66. The highest BCUT2D eigenvalue weighted by molar-refractivity contribution is 5.69. The quantitative estimate of drug-likeness (QED) is 0.847. The predicted molar refractivity (Wildman–Crippen MR) is 96.9 cm³/mol. The van der Waals surface area contributed by atoms with Crippen LogP contribution in [0.5, 0.6) is 0 Å². The average molecular weight is 304 g/mol. The summed E-state index contributed by atoms with van der Waals surface area (Å²) in [5.41, 5.74) is 10.9. The molecular weight excluding hydrogens is 280 g/mol. The molecule has 0 saturated carbocycles. The van der Waals surface area contributed by atoms with Crippen LogP contribution in [0.1, 0.15) is 36.8 Å². The predicted octanol–water partition coefficient (Wildman–Crippen LogP) is 4.48. The highest BCUT2D eigenvalue weighted by Gasteiger charge is 2.33. The van der Waals surface area contributed by atoms with E-state index < -0.39 is 0 Å². The van der Waals surface area contributed by atoms with E-state index in [1.54, 1.807) is 0 Å².